The van der Waals surface area contributed by atoms with Crippen LogP contribution in [0.2, 0.25) is 0 Å². The average Bonchev–Trinajstić information content (AvgIpc) is 2.94. The number of carbonyl (C=O) groups is 2. The first-order valence-corrected chi connectivity index (χ1v) is 11.1. The molecule has 322 valence electrons. The summed E-state index contributed by atoms with van der Waals surface area (Å²) in [6, 6.07) is 0. The highest BCUT2D eigenvalue weighted by molar-refractivity contribution is 6.35. The number of halogens is 33. The number of aliphatic carboxylic acids is 1. The third-order valence-electron chi connectivity index (χ3n) is 6.36. The van der Waals surface area contributed by atoms with E-state index < -0.39 is 107 Å². The second-order valence-electron chi connectivity index (χ2n) is 9.75. The molecule has 3 nitrogen and oxygen atoms in total. The van der Waals surface area contributed by atoms with Gasteiger partial charge in [0.25, 0.3) is 0 Å². The van der Waals surface area contributed by atoms with Gasteiger partial charge in [0.1, 0.15) is 0 Å². The van der Waals surface area contributed by atoms with Crippen molar-refractivity contribution in [2.45, 2.75) is 95.0 Å². The number of Topliss-reactive ketones (excluding diaryl/α,β-unsaturated/α-hetero) is 1. The van der Waals surface area contributed by atoms with Crippen LogP contribution in [0.25, 0.3) is 0 Å². The van der Waals surface area contributed by atoms with Gasteiger partial charge in [-0.25, -0.2) is 4.79 Å². The minimum atomic E-state index is -10.3. The van der Waals surface area contributed by atoms with Crippen LogP contribution in [0.4, 0.5) is 145 Å². The fraction of sp³-hybridized carbons (Fsp3) is 0.889. The monoisotopic (exact) mass is 892 g/mol. The minimum Gasteiger partial charge on any atom is -0.475 e. The van der Waals surface area contributed by atoms with E-state index >= 15 is 0 Å². The van der Waals surface area contributed by atoms with Gasteiger partial charge in [-0.2, -0.15) is 145 Å². The van der Waals surface area contributed by atoms with Gasteiger partial charge in [-0.05, 0) is 0 Å². The molecule has 1 N–H and O–H groups in total. The van der Waals surface area contributed by atoms with E-state index in [1.807, 2.05) is 0 Å². The summed E-state index contributed by atoms with van der Waals surface area (Å²) in [6.45, 7) is 0. The Labute approximate surface area is 268 Å². The lowest BCUT2D eigenvalue weighted by Gasteiger charge is -2.46. The predicted octanol–water partition coefficient (Wildman–Crippen LogP) is 9.73. The molecule has 0 aromatic carbocycles. The zero-order chi connectivity index (χ0) is 45.2. The first-order chi connectivity index (χ1) is 22.6. The summed E-state index contributed by atoms with van der Waals surface area (Å²) in [4.78, 5) is 20.5. The van der Waals surface area contributed by atoms with Crippen molar-refractivity contribution in [1.82, 2.24) is 0 Å². The Hall–Kier alpha value is -3.17. The Bertz CT molecular complexity index is 1450. The van der Waals surface area contributed by atoms with Gasteiger partial charge in [0, 0.05) is 0 Å². The highest BCUT2D eigenvalue weighted by Gasteiger charge is 3.02. The van der Waals surface area contributed by atoms with Crippen molar-refractivity contribution < 1.29 is 160 Å². The lowest BCUT2D eigenvalue weighted by Crippen LogP contribution is -2.80. The number of rotatable bonds is 16. The molecule has 0 amide bonds. The number of carboxylic acids is 1. The maximum atomic E-state index is 13.8. The molecule has 0 radical (unpaired) electrons. The summed E-state index contributed by atoms with van der Waals surface area (Å²) < 4.78 is 443. The average molecular weight is 892 g/mol. The van der Waals surface area contributed by atoms with Gasteiger partial charge in [0.05, 0.1) is 0 Å². The molecule has 0 saturated carbocycles. The SMILES string of the molecule is O=C(O)C(=O)C(F)(F)C(F)(F)C(F)(F)C(F)(F)C(F)(F)C(F)(F)C(F)(F)C(F)(F)C(F)(F)C(F)(F)C(F)(F)C(F)(F)C(F)(F)C(F)(F)C(F)(F)C(F)(F)F. The van der Waals surface area contributed by atoms with Crippen LogP contribution in [0.5, 0.6) is 0 Å². The fourth-order valence-electron chi connectivity index (χ4n) is 3.02. The van der Waals surface area contributed by atoms with E-state index in [-0.39, 0.29) is 0 Å². The third-order valence-corrected chi connectivity index (χ3v) is 6.36. The van der Waals surface area contributed by atoms with Crippen LogP contribution < -0.4 is 0 Å². The standard InChI is InChI=1S/C18HF33O3/c19-3(20,1(52)2(53)54)4(21,22)5(23,24)6(25,26)7(27,28)8(29,30)9(31,32)10(33,34)11(35,36)12(37,38)13(39,40)14(41,42)15(43,44)16(45,46)17(47,48)18(49,50)51/h(H,53,54). The van der Waals surface area contributed by atoms with E-state index in [2.05, 4.69) is 0 Å². The van der Waals surface area contributed by atoms with Crippen molar-refractivity contribution in [1.29, 1.82) is 0 Å². The molecule has 0 aliphatic heterocycles. The molecule has 0 heterocycles. The van der Waals surface area contributed by atoms with E-state index in [9.17, 15) is 154 Å². The summed E-state index contributed by atoms with van der Waals surface area (Å²) >= 11 is 0. The van der Waals surface area contributed by atoms with Gasteiger partial charge in [0.15, 0.2) is 0 Å². The summed E-state index contributed by atoms with van der Waals surface area (Å²) in [6.07, 6.45) is -8.42. The highest BCUT2D eigenvalue weighted by Crippen LogP contribution is 2.69. The van der Waals surface area contributed by atoms with Crippen molar-refractivity contribution in [3.05, 3.63) is 0 Å². The van der Waals surface area contributed by atoms with Crippen molar-refractivity contribution in [3.63, 3.8) is 0 Å². The fourth-order valence-corrected chi connectivity index (χ4v) is 3.02. The Morgan fingerprint density at radius 1 is 0.241 bits per heavy atom. The first-order valence-electron chi connectivity index (χ1n) is 11.1. The number of hydrogen-bond donors (Lipinski definition) is 1. The summed E-state index contributed by atoms with van der Waals surface area (Å²) in [7, 11) is 0. The molecule has 36 heteroatoms. The zero-order valence-electron chi connectivity index (χ0n) is 22.7. The van der Waals surface area contributed by atoms with Gasteiger partial charge in [-0.15, -0.1) is 0 Å². The van der Waals surface area contributed by atoms with Crippen LogP contribution in [-0.4, -0.2) is 112 Å². The summed E-state index contributed by atoms with van der Waals surface area (Å²) in [5.74, 6) is -155. The van der Waals surface area contributed by atoms with Gasteiger partial charge in [-0.1, -0.05) is 0 Å². The Kier molecular flexibility index (Phi) is 11.5. The van der Waals surface area contributed by atoms with Gasteiger partial charge < -0.3 is 5.11 Å². The van der Waals surface area contributed by atoms with E-state index in [4.69, 9.17) is 5.11 Å². The minimum absolute atomic E-state index is 4.16. The highest BCUT2D eigenvalue weighted by atomic mass is 19.4. The van der Waals surface area contributed by atoms with Crippen molar-refractivity contribution >= 4 is 11.8 Å². The van der Waals surface area contributed by atoms with Crippen LogP contribution in [0, 0.1) is 0 Å². The van der Waals surface area contributed by atoms with E-state index in [0.29, 0.717) is 0 Å². The zero-order valence-corrected chi connectivity index (χ0v) is 22.7. The Morgan fingerprint density at radius 2 is 0.370 bits per heavy atom. The molecule has 0 atom stereocenters. The summed E-state index contributed by atoms with van der Waals surface area (Å²) in [5.41, 5.74) is 0. The molecule has 0 unspecified atom stereocenters. The predicted molar refractivity (Wildman–Crippen MR) is 92.9 cm³/mol. The summed E-state index contributed by atoms with van der Waals surface area (Å²) in [5, 5.41) is 7.80. The number of ketones is 1. The maximum absolute atomic E-state index is 13.8. The first kappa shape index (κ1) is 50.8. The lowest BCUT2D eigenvalue weighted by atomic mass is 9.82. The smallest absolute Gasteiger partial charge is 0.460 e. The molecule has 54 heavy (non-hydrogen) atoms. The Balaban J connectivity index is 7.79. The molecule has 0 spiro atoms. The topological polar surface area (TPSA) is 54.4 Å². The maximum Gasteiger partial charge on any atom is 0.460 e. The number of carboxylic acid groups (broad SMARTS) is 1. The third kappa shape index (κ3) is 5.55. The quantitative estimate of drug-likeness (QED) is 0.124. The van der Waals surface area contributed by atoms with Gasteiger partial charge >= 0.3 is 107 Å². The van der Waals surface area contributed by atoms with Crippen LogP contribution in [0.15, 0.2) is 0 Å². The van der Waals surface area contributed by atoms with Crippen LogP contribution in [0.3, 0.4) is 0 Å². The van der Waals surface area contributed by atoms with E-state index in [1.165, 1.54) is 0 Å². The van der Waals surface area contributed by atoms with Crippen LogP contribution in [-0.2, 0) is 9.59 Å². The molecule has 0 aromatic heterocycles. The Morgan fingerprint density at radius 3 is 0.500 bits per heavy atom. The lowest BCUT2D eigenvalue weighted by molar-refractivity contribution is -0.490. The molecule has 0 aliphatic rings. The van der Waals surface area contributed by atoms with Crippen molar-refractivity contribution in [2.75, 3.05) is 0 Å². The number of alkyl halides is 33. The van der Waals surface area contributed by atoms with E-state index in [0.717, 1.165) is 0 Å². The molecular weight excluding hydrogens is 891 g/mol. The molecule has 0 aliphatic carbocycles. The second-order valence-corrected chi connectivity index (χ2v) is 9.75. The van der Waals surface area contributed by atoms with Crippen LogP contribution in [0.1, 0.15) is 0 Å². The molecule has 0 rings (SSSR count). The molecular formula is C18HF33O3. The molecule has 0 aromatic rings. The molecule has 0 bridgehead atoms. The van der Waals surface area contributed by atoms with Crippen LogP contribution >= 0.6 is 0 Å². The second kappa shape index (κ2) is 12.2. The molecule has 0 saturated heterocycles. The number of carbonyl (C=O) groups excluding carboxylic acids is 1. The van der Waals surface area contributed by atoms with Gasteiger partial charge in [0.2, 0.25) is 0 Å². The van der Waals surface area contributed by atoms with Gasteiger partial charge in [-0.3, -0.25) is 4.79 Å². The van der Waals surface area contributed by atoms with E-state index in [1.54, 1.807) is 0 Å². The number of hydrogen-bond acceptors (Lipinski definition) is 2. The molecule has 0 fully saturated rings. The largest absolute Gasteiger partial charge is 0.475 e. The van der Waals surface area contributed by atoms with Crippen molar-refractivity contribution in [2.24, 2.45) is 0 Å². The normalized spacial score (nSPS) is 16.8. The van der Waals surface area contributed by atoms with Crippen molar-refractivity contribution in [3.8, 4) is 0 Å².